The SMILES string of the molecule is CC(=O)OC1CC[C@@]2(C)C(=CC[C@H]3[C@@H]4CC[C@H]([C@H](C)/C=C/C(=O)C(C)C)[C@@]4(C)CC[C@@H]32)C1. The predicted molar refractivity (Wildman–Crippen MR) is 129 cm³/mol. The summed E-state index contributed by atoms with van der Waals surface area (Å²) in [6.45, 7) is 12.9. The fourth-order valence-corrected chi connectivity index (χ4v) is 8.44. The second-order valence-corrected chi connectivity index (χ2v) is 12.2. The van der Waals surface area contributed by atoms with Crippen molar-refractivity contribution in [2.24, 2.45) is 46.3 Å². The van der Waals surface area contributed by atoms with E-state index in [2.05, 4.69) is 32.9 Å². The topological polar surface area (TPSA) is 43.4 Å². The van der Waals surface area contributed by atoms with Crippen LogP contribution in [-0.2, 0) is 14.3 Å². The minimum atomic E-state index is -0.142. The van der Waals surface area contributed by atoms with Crippen LogP contribution in [-0.4, -0.2) is 17.9 Å². The minimum absolute atomic E-state index is 0.0780. The van der Waals surface area contributed by atoms with Gasteiger partial charge >= 0.3 is 5.97 Å². The Bertz CT molecular complexity index is 807. The van der Waals surface area contributed by atoms with E-state index < -0.39 is 0 Å². The van der Waals surface area contributed by atoms with Crippen molar-refractivity contribution in [1.82, 2.24) is 0 Å². The van der Waals surface area contributed by atoms with E-state index in [4.69, 9.17) is 4.74 Å². The zero-order valence-corrected chi connectivity index (χ0v) is 21.2. The first-order chi connectivity index (χ1) is 15.1. The van der Waals surface area contributed by atoms with E-state index in [1.165, 1.54) is 39.0 Å². The maximum atomic E-state index is 12.1. The van der Waals surface area contributed by atoms with Crippen molar-refractivity contribution < 1.29 is 14.3 Å². The molecule has 0 spiro atoms. The van der Waals surface area contributed by atoms with E-state index in [-0.39, 0.29) is 29.2 Å². The number of allylic oxidation sites excluding steroid dienone is 3. The molecule has 0 radical (unpaired) electrons. The largest absolute Gasteiger partial charge is 0.462 e. The van der Waals surface area contributed by atoms with Gasteiger partial charge in [-0.3, -0.25) is 9.59 Å². The predicted octanol–water partition coefficient (Wildman–Crippen LogP) is 6.91. The van der Waals surface area contributed by atoms with E-state index >= 15 is 0 Å². The van der Waals surface area contributed by atoms with E-state index in [9.17, 15) is 9.59 Å². The lowest BCUT2D eigenvalue weighted by Gasteiger charge is -2.58. The Morgan fingerprint density at radius 3 is 2.50 bits per heavy atom. The van der Waals surface area contributed by atoms with Crippen LogP contribution in [0.2, 0.25) is 0 Å². The Labute approximate surface area is 195 Å². The molecule has 32 heavy (non-hydrogen) atoms. The highest BCUT2D eigenvalue weighted by atomic mass is 16.5. The molecule has 0 heterocycles. The van der Waals surface area contributed by atoms with Crippen LogP contribution in [0.15, 0.2) is 23.8 Å². The van der Waals surface area contributed by atoms with Crippen LogP contribution in [0.25, 0.3) is 0 Å². The summed E-state index contributed by atoms with van der Waals surface area (Å²) in [4.78, 5) is 23.6. The van der Waals surface area contributed by atoms with Gasteiger partial charge in [0.15, 0.2) is 5.78 Å². The molecule has 4 rings (SSSR count). The average molecular weight is 441 g/mol. The zero-order valence-electron chi connectivity index (χ0n) is 21.2. The van der Waals surface area contributed by atoms with Crippen molar-refractivity contribution in [2.75, 3.05) is 0 Å². The fourth-order valence-electron chi connectivity index (χ4n) is 8.44. The number of ketones is 1. The summed E-state index contributed by atoms with van der Waals surface area (Å²) >= 11 is 0. The van der Waals surface area contributed by atoms with Crippen LogP contribution in [0.5, 0.6) is 0 Å². The number of rotatable bonds is 5. The second kappa shape index (κ2) is 8.76. The molecule has 4 aliphatic carbocycles. The molecule has 178 valence electrons. The van der Waals surface area contributed by atoms with Crippen molar-refractivity contribution in [2.45, 2.75) is 99.0 Å². The summed E-state index contributed by atoms with van der Waals surface area (Å²) in [5.74, 6) is 3.69. The summed E-state index contributed by atoms with van der Waals surface area (Å²) in [6.07, 6.45) is 16.3. The smallest absolute Gasteiger partial charge is 0.302 e. The van der Waals surface area contributed by atoms with Gasteiger partial charge in [0, 0.05) is 19.3 Å². The lowest BCUT2D eigenvalue weighted by Crippen LogP contribution is -2.51. The average Bonchev–Trinajstić information content (AvgIpc) is 3.08. The summed E-state index contributed by atoms with van der Waals surface area (Å²) in [5.41, 5.74) is 2.24. The Kier molecular flexibility index (Phi) is 6.51. The monoisotopic (exact) mass is 440 g/mol. The molecule has 0 aliphatic heterocycles. The molecule has 0 aromatic heterocycles. The molecular formula is C29H44O3. The van der Waals surface area contributed by atoms with Crippen LogP contribution in [0.3, 0.4) is 0 Å². The van der Waals surface area contributed by atoms with Crippen molar-refractivity contribution in [1.29, 1.82) is 0 Å². The number of fused-ring (bicyclic) bond motifs is 5. The van der Waals surface area contributed by atoms with Crippen LogP contribution >= 0.6 is 0 Å². The van der Waals surface area contributed by atoms with Crippen molar-refractivity contribution in [3.63, 3.8) is 0 Å². The van der Waals surface area contributed by atoms with Gasteiger partial charge in [0.05, 0.1) is 0 Å². The second-order valence-electron chi connectivity index (χ2n) is 12.2. The number of ether oxygens (including phenoxy) is 1. The van der Waals surface area contributed by atoms with Crippen molar-refractivity contribution in [3.05, 3.63) is 23.8 Å². The van der Waals surface area contributed by atoms with Gasteiger partial charge in [0.2, 0.25) is 0 Å². The van der Waals surface area contributed by atoms with Gasteiger partial charge < -0.3 is 4.74 Å². The van der Waals surface area contributed by atoms with E-state index in [0.29, 0.717) is 17.3 Å². The zero-order chi connectivity index (χ0) is 23.3. The minimum Gasteiger partial charge on any atom is -0.462 e. The number of carbonyl (C=O) groups excluding carboxylic acids is 2. The van der Waals surface area contributed by atoms with Gasteiger partial charge in [0.25, 0.3) is 0 Å². The lowest BCUT2D eigenvalue weighted by atomic mass is 9.47. The first-order valence-electron chi connectivity index (χ1n) is 13.1. The Morgan fingerprint density at radius 1 is 1.06 bits per heavy atom. The summed E-state index contributed by atoms with van der Waals surface area (Å²) in [6, 6.07) is 0. The summed E-state index contributed by atoms with van der Waals surface area (Å²) < 4.78 is 5.59. The van der Waals surface area contributed by atoms with Gasteiger partial charge in [0.1, 0.15) is 6.10 Å². The Morgan fingerprint density at radius 2 is 1.81 bits per heavy atom. The highest BCUT2D eigenvalue weighted by molar-refractivity contribution is 5.91. The van der Waals surface area contributed by atoms with Gasteiger partial charge in [-0.2, -0.15) is 0 Å². The third-order valence-electron chi connectivity index (χ3n) is 10.2. The van der Waals surface area contributed by atoms with Crippen LogP contribution in [0.4, 0.5) is 0 Å². The van der Waals surface area contributed by atoms with Gasteiger partial charge in [-0.1, -0.05) is 52.3 Å². The molecule has 3 fully saturated rings. The molecule has 0 bridgehead atoms. The van der Waals surface area contributed by atoms with E-state index in [0.717, 1.165) is 37.0 Å². The maximum Gasteiger partial charge on any atom is 0.302 e. The van der Waals surface area contributed by atoms with E-state index in [1.807, 2.05) is 19.9 Å². The maximum absolute atomic E-state index is 12.1. The number of carbonyl (C=O) groups is 2. The number of esters is 1. The van der Waals surface area contributed by atoms with Gasteiger partial charge in [-0.15, -0.1) is 0 Å². The molecular weight excluding hydrogens is 396 g/mol. The molecule has 0 aromatic carbocycles. The number of hydrogen-bond acceptors (Lipinski definition) is 3. The first-order valence-corrected chi connectivity index (χ1v) is 13.1. The molecule has 8 atom stereocenters. The molecule has 0 saturated heterocycles. The molecule has 4 aliphatic rings. The third-order valence-corrected chi connectivity index (χ3v) is 10.2. The van der Waals surface area contributed by atoms with Gasteiger partial charge in [-0.05, 0) is 91.4 Å². The van der Waals surface area contributed by atoms with Crippen LogP contribution in [0, 0.1) is 46.3 Å². The molecule has 3 saturated carbocycles. The Hall–Kier alpha value is -1.38. The van der Waals surface area contributed by atoms with Crippen molar-refractivity contribution >= 4 is 11.8 Å². The standard InChI is InChI=1S/C29H44O3/c1-18(2)27(31)12-7-19(3)24-10-11-25-23-9-8-21-17-22(32-20(4)30)13-15-28(21,5)26(23)14-16-29(24,25)6/h7-8,12,18-19,22-26H,9-11,13-17H2,1-6H3/b12-7+/t19-,22?,23+,24-,25+,26+,28+,29-/m1/s1. The quantitative estimate of drug-likeness (QED) is 0.265. The normalized spacial score (nSPS) is 42.1. The number of hydrogen-bond donors (Lipinski definition) is 0. The van der Waals surface area contributed by atoms with Gasteiger partial charge in [-0.25, -0.2) is 0 Å². The molecule has 3 nitrogen and oxygen atoms in total. The lowest BCUT2D eigenvalue weighted by molar-refractivity contribution is -0.148. The van der Waals surface area contributed by atoms with Crippen LogP contribution in [0.1, 0.15) is 92.9 Å². The molecule has 0 amide bonds. The first kappa shape index (κ1) is 23.8. The molecule has 0 N–H and O–H groups in total. The summed E-state index contributed by atoms with van der Waals surface area (Å²) in [7, 11) is 0. The van der Waals surface area contributed by atoms with Crippen molar-refractivity contribution in [3.8, 4) is 0 Å². The molecule has 0 aromatic rings. The Balaban J connectivity index is 1.51. The van der Waals surface area contributed by atoms with Crippen LogP contribution < -0.4 is 0 Å². The molecule has 1 unspecified atom stereocenters. The summed E-state index contributed by atoms with van der Waals surface area (Å²) in [5, 5.41) is 0. The molecule has 3 heteroatoms. The highest BCUT2D eigenvalue weighted by Gasteiger charge is 2.59. The highest BCUT2D eigenvalue weighted by Crippen LogP contribution is 2.67. The fraction of sp³-hybridized carbons (Fsp3) is 0.793. The third kappa shape index (κ3) is 4.03. The van der Waals surface area contributed by atoms with E-state index in [1.54, 1.807) is 5.57 Å².